The van der Waals surface area contributed by atoms with Crippen LogP contribution < -0.4 is 0 Å². The van der Waals surface area contributed by atoms with Gasteiger partial charge in [0.25, 0.3) is 5.89 Å². The summed E-state index contributed by atoms with van der Waals surface area (Å²) in [5, 5.41) is 13.3. The molecule has 1 heterocycles. The van der Waals surface area contributed by atoms with Crippen LogP contribution in [0.4, 0.5) is 4.39 Å². The van der Waals surface area contributed by atoms with Gasteiger partial charge in [-0.15, -0.1) is 0 Å². The van der Waals surface area contributed by atoms with Crippen LogP contribution in [0, 0.1) is 33.5 Å². The van der Waals surface area contributed by atoms with Gasteiger partial charge in [0.1, 0.15) is 5.82 Å². The summed E-state index contributed by atoms with van der Waals surface area (Å²) < 4.78 is 19.2. The maximum absolute atomic E-state index is 14.0. The summed E-state index contributed by atoms with van der Waals surface area (Å²) >= 11 is 0. The lowest BCUT2D eigenvalue weighted by atomic mass is 9.93. The molecule has 3 aromatic rings. The van der Waals surface area contributed by atoms with E-state index in [0.717, 1.165) is 16.7 Å². The molecule has 1 N–H and O–H groups in total. The van der Waals surface area contributed by atoms with E-state index in [-0.39, 0.29) is 22.8 Å². The second kappa shape index (κ2) is 6.12. The number of rotatable bonds is 3. The van der Waals surface area contributed by atoms with E-state index in [4.69, 9.17) is 4.52 Å². The van der Waals surface area contributed by atoms with Gasteiger partial charge in [-0.25, -0.2) is 9.18 Å². The van der Waals surface area contributed by atoms with Gasteiger partial charge >= 0.3 is 5.97 Å². The third kappa shape index (κ3) is 2.91. The zero-order valence-electron chi connectivity index (χ0n) is 14.3. The van der Waals surface area contributed by atoms with Gasteiger partial charge in [-0.05, 0) is 62.6 Å². The molecule has 0 aliphatic carbocycles. The fourth-order valence-corrected chi connectivity index (χ4v) is 2.75. The highest BCUT2D eigenvalue weighted by Gasteiger charge is 2.20. The maximum Gasteiger partial charge on any atom is 0.335 e. The van der Waals surface area contributed by atoms with E-state index in [1.807, 2.05) is 20.8 Å². The van der Waals surface area contributed by atoms with Crippen molar-refractivity contribution in [3.63, 3.8) is 0 Å². The van der Waals surface area contributed by atoms with Crippen LogP contribution in [-0.4, -0.2) is 21.2 Å². The molecule has 0 bridgehead atoms. The lowest BCUT2D eigenvalue weighted by Crippen LogP contribution is -2.04. The summed E-state index contributed by atoms with van der Waals surface area (Å²) in [6.45, 7) is 7.32. The number of aromatic carboxylic acids is 1. The van der Waals surface area contributed by atoms with Gasteiger partial charge in [0.2, 0.25) is 5.82 Å². The first kappa shape index (κ1) is 16.8. The van der Waals surface area contributed by atoms with Crippen molar-refractivity contribution in [2.45, 2.75) is 27.7 Å². The molecule has 0 radical (unpaired) electrons. The molecule has 0 atom stereocenters. The SMILES string of the molecule is Cc1ccc(F)c(-c2nc(-c3cc(C(=O)O)c(C)c(C)c3C)no2)c1. The molecule has 0 saturated heterocycles. The fraction of sp³-hybridized carbons (Fsp3) is 0.211. The average Bonchev–Trinajstić information content (AvgIpc) is 3.04. The fourth-order valence-electron chi connectivity index (χ4n) is 2.75. The molecule has 0 saturated carbocycles. The molecule has 1 aromatic heterocycles. The number of halogens is 1. The molecular formula is C19H17FN2O3. The molecule has 128 valence electrons. The average molecular weight is 340 g/mol. The van der Waals surface area contributed by atoms with Crippen molar-refractivity contribution in [2.75, 3.05) is 0 Å². The number of aromatic nitrogens is 2. The molecule has 3 rings (SSSR count). The van der Waals surface area contributed by atoms with E-state index in [9.17, 15) is 14.3 Å². The first-order valence-electron chi connectivity index (χ1n) is 7.74. The monoisotopic (exact) mass is 340 g/mol. The smallest absolute Gasteiger partial charge is 0.335 e. The second-order valence-electron chi connectivity index (χ2n) is 6.06. The van der Waals surface area contributed by atoms with Crippen LogP contribution in [0.25, 0.3) is 22.8 Å². The third-order valence-electron chi connectivity index (χ3n) is 4.47. The van der Waals surface area contributed by atoms with Crippen LogP contribution >= 0.6 is 0 Å². The number of hydrogen-bond acceptors (Lipinski definition) is 4. The van der Waals surface area contributed by atoms with Gasteiger partial charge in [-0.3, -0.25) is 0 Å². The van der Waals surface area contributed by atoms with Crippen molar-refractivity contribution >= 4 is 5.97 Å². The molecule has 5 nitrogen and oxygen atoms in total. The second-order valence-corrected chi connectivity index (χ2v) is 6.06. The number of aryl methyl sites for hydroxylation is 1. The summed E-state index contributed by atoms with van der Waals surface area (Å²) in [5.74, 6) is -1.18. The normalized spacial score (nSPS) is 10.9. The topological polar surface area (TPSA) is 76.2 Å². The number of carboxylic acids is 1. The zero-order valence-corrected chi connectivity index (χ0v) is 14.3. The van der Waals surface area contributed by atoms with Gasteiger partial charge in [0.05, 0.1) is 11.1 Å². The highest BCUT2D eigenvalue weighted by atomic mass is 19.1. The lowest BCUT2D eigenvalue weighted by molar-refractivity contribution is 0.0696. The molecule has 0 fully saturated rings. The zero-order chi connectivity index (χ0) is 18.3. The van der Waals surface area contributed by atoms with Crippen molar-refractivity contribution in [3.05, 3.63) is 57.9 Å². The molecule has 6 heteroatoms. The first-order chi connectivity index (χ1) is 11.8. The van der Waals surface area contributed by atoms with Gasteiger partial charge in [-0.2, -0.15) is 4.98 Å². The van der Waals surface area contributed by atoms with E-state index < -0.39 is 11.8 Å². The molecule has 0 aliphatic heterocycles. The largest absolute Gasteiger partial charge is 0.478 e. The Morgan fingerprint density at radius 1 is 1.04 bits per heavy atom. The van der Waals surface area contributed by atoms with Gasteiger partial charge in [0.15, 0.2) is 0 Å². The van der Waals surface area contributed by atoms with E-state index in [2.05, 4.69) is 10.1 Å². The molecule has 0 spiro atoms. The van der Waals surface area contributed by atoms with E-state index >= 15 is 0 Å². The van der Waals surface area contributed by atoms with Gasteiger partial charge < -0.3 is 9.63 Å². The van der Waals surface area contributed by atoms with Crippen molar-refractivity contribution in [2.24, 2.45) is 0 Å². The standard InChI is InChI=1S/C19H17FN2O3/c1-9-5-6-16(20)15(7-9)18-21-17(22-25-18)13-8-14(19(23)24)12(4)10(2)11(13)3/h5-8H,1-4H3,(H,23,24). The molecule has 25 heavy (non-hydrogen) atoms. The first-order valence-corrected chi connectivity index (χ1v) is 7.74. The predicted molar refractivity (Wildman–Crippen MR) is 91.0 cm³/mol. The molecule has 0 amide bonds. The lowest BCUT2D eigenvalue weighted by Gasteiger charge is -2.11. The third-order valence-corrected chi connectivity index (χ3v) is 4.47. The van der Waals surface area contributed by atoms with E-state index in [0.29, 0.717) is 11.1 Å². The summed E-state index contributed by atoms with van der Waals surface area (Å²) in [6.07, 6.45) is 0. The Hall–Kier alpha value is -3.02. The Kier molecular flexibility index (Phi) is 4.12. The Bertz CT molecular complexity index is 993. The Morgan fingerprint density at radius 3 is 2.44 bits per heavy atom. The van der Waals surface area contributed by atoms with Crippen LogP contribution in [-0.2, 0) is 0 Å². The summed E-state index contributed by atoms with van der Waals surface area (Å²) in [4.78, 5) is 15.7. The minimum atomic E-state index is -1.02. The Balaban J connectivity index is 2.15. The summed E-state index contributed by atoms with van der Waals surface area (Å²) in [5.41, 5.74) is 4.24. The minimum absolute atomic E-state index is 0.0608. The number of carbonyl (C=O) groups is 1. The highest BCUT2D eigenvalue weighted by molar-refractivity contribution is 5.92. The van der Waals surface area contributed by atoms with Gasteiger partial charge in [0, 0.05) is 5.56 Å². The Morgan fingerprint density at radius 2 is 1.76 bits per heavy atom. The van der Waals surface area contributed by atoms with Crippen LogP contribution in [0.1, 0.15) is 32.6 Å². The molecular weight excluding hydrogens is 323 g/mol. The van der Waals surface area contributed by atoms with Crippen LogP contribution in [0.15, 0.2) is 28.8 Å². The molecule has 0 unspecified atom stereocenters. The summed E-state index contributed by atoms with van der Waals surface area (Å²) in [6, 6.07) is 6.16. The summed E-state index contributed by atoms with van der Waals surface area (Å²) in [7, 11) is 0. The Labute approximate surface area is 144 Å². The van der Waals surface area contributed by atoms with E-state index in [1.165, 1.54) is 12.1 Å². The van der Waals surface area contributed by atoms with Crippen molar-refractivity contribution < 1.29 is 18.8 Å². The predicted octanol–water partition coefficient (Wildman–Crippen LogP) is 4.47. The van der Waals surface area contributed by atoms with Crippen LogP contribution in [0.2, 0.25) is 0 Å². The minimum Gasteiger partial charge on any atom is -0.478 e. The maximum atomic E-state index is 14.0. The number of carboxylic acid groups (broad SMARTS) is 1. The quantitative estimate of drug-likeness (QED) is 0.761. The number of benzene rings is 2. The number of nitrogens with zero attached hydrogens (tertiary/aromatic N) is 2. The van der Waals surface area contributed by atoms with Crippen molar-refractivity contribution in [1.29, 1.82) is 0 Å². The highest BCUT2D eigenvalue weighted by Crippen LogP contribution is 2.30. The molecule has 2 aromatic carbocycles. The van der Waals surface area contributed by atoms with Crippen LogP contribution in [0.3, 0.4) is 0 Å². The van der Waals surface area contributed by atoms with Gasteiger partial charge in [-0.1, -0.05) is 16.8 Å². The van der Waals surface area contributed by atoms with E-state index in [1.54, 1.807) is 19.1 Å². The number of hydrogen-bond donors (Lipinski definition) is 1. The van der Waals surface area contributed by atoms with Crippen LogP contribution in [0.5, 0.6) is 0 Å². The van der Waals surface area contributed by atoms with Crippen molar-refractivity contribution in [1.82, 2.24) is 10.1 Å². The van der Waals surface area contributed by atoms with Crippen molar-refractivity contribution in [3.8, 4) is 22.8 Å². The molecule has 0 aliphatic rings.